The maximum Gasteiger partial charge on any atom is 0.397 e. The van der Waals surface area contributed by atoms with Crippen molar-refractivity contribution < 1.29 is 62.0 Å². The summed E-state index contributed by atoms with van der Waals surface area (Å²) in [5.74, 6) is 0. The Morgan fingerprint density at radius 3 is 2.08 bits per heavy atom. The Balaban J connectivity index is 2.21. The topological polar surface area (TPSA) is 213 Å². The van der Waals surface area contributed by atoms with Crippen LogP contribution in [-0.2, 0) is 28.8 Å². The molecule has 26 heavy (non-hydrogen) atoms. The van der Waals surface area contributed by atoms with Crippen molar-refractivity contribution in [3.63, 3.8) is 0 Å². The molecule has 13 nitrogen and oxygen atoms in total. The summed E-state index contributed by atoms with van der Waals surface area (Å²) < 4.78 is 50.0. The van der Waals surface area contributed by atoms with Gasteiger partial charge >= 0.3 is 10.4 Å². The van der Waals surface area contributed by atoms with Gasteiger partial charge in [0.2, 0.25) is 0 Å². The fourth-order valence-electron chi connectivity index (χ4n) is 2.75. The maximum absolute atomic E-state index is 10.9. The Morgan fingerprint density at radius 1 is 0.923 bits per heavy atom. The first-order valence-corrected chi connectivity index (χ1v) is 8.96. The Kier molecular flexibility index (Phi) is 6.92. The van der Waals surface area contributed by atoms with Crippen LogP contribution >= 0.6 is 0 Å². The number of aliphatic hydroxyl groups excluding tert-OH is 6. The first-order chi connectivity index (χ1) is 12.0. The summed E-state index contributed by atoms with van der Waals surface area (Å²) in [5.41, 5.74) is 0. The maximum atomic E-state index is 10.9. The van der Waals surface area contributed by atoms with Gasteiger partial charge in [-0.1, -0.05) is 0 Å². The summed E-state index contributed by atoms with van der Waals surface area (Å²) >= 11 is 0. The molecule has 0 bridgehead atoms. The number of aliphatic hydroxyl groups is 6. The highest BCUT2D eigenvalue weighted by atomic mass is 32.3. The van der Waals surface area contributed by atoms with Gasteiger partial charge in [0.15, 0.2) is 12.6 Å². The molecule has 0 aromatic heterocycles. The minimum atomic E-state index is -5.09. The van der Waals surface area contributed by atoms with Gasteiger partial charge in [-0.05, 0) is 6.92 Å². The number of hydrogen-bond acceptors (Lipinski definition) is 12. The van der Waals surface area contributed by atoms with E-state index in [0.717, 1.165) is 0 Å². The second kappa shape index (κ2) is 8.26. The number of ether oxygens (including phenoxy) is 3. The molecule has 2 rings (SSSR count). The highest BCUT2D eigenvalue weighted by Gasteiger charge is 2.51. The molecule has 2 fully saturated rings. The molecule has 0 radical (unpaired) electrons. The number of hydrogen-bond donors (Lipinski definition) is 7. The molecule has 10 atom stereocenters. The zero-order chi connectivity index (χ0) is 19.8. The SMILES string of the molecule is C[C@@H]1O[C@@H](O)[C@@H](O)[C@H](O[C@@H]2O[C@H](CO)[C@@H](O)[C@H](OS(=O)(=O)O)[C@H]2O)[C@@H]1O. The molecule has 2 aliphatic heterocycles. The molecule has 0 saturated carbocycles. The lowest BCUT2D eigenvalue weighted by Crippen LogP contribution is -2.64. The van der Waals surface area contributed by atoms with Crippen LogP contribution in [0.4, 0.5) is 0 Å². The van der Waals surface area contributed by atoms with Crippen LogP contribution in [0, 0.1) is 0 Å². The van der Waals surface area contributed by atoms with E-state index in [1.54, 1.807) is 0 Å². The minimum Gasteiger partial charge on any atom is -0.394 e. The zero-order valence-electron chi connectivity index (χ0n) is 13.5. The molecule has 0 spiro atoms. The Hall–Kier alpha value is -0.490. The molecule has 2 saturated heterocycles. The van der Waals surface area contributed by atoms with Gasteiger partial charge in [0.05, 0.1) is 12.7 Å². The summed E-state index contributed by atoms with van der Waals surface area (Å²) in [5, 5.41) is 58.8. The highest BCUT2D eigenvalue weighted by molar-refractivity contribution is 7.80. The van der Waals surface area contributed by atoms with E-state index in [-0.39, 0.29) is 0 Å². The first kappa shape index (κ1) is 21.8. The van der Waals surface area contributed by atoms with E-state index in [1.165, 1.54) is 6.92 Å². The predicted octanol–water partition coefficient (Wildman–Crippen LogP) is -4.54. The molecule has 0 amide bonds. The van der Waals surface area contributed by atoms with Crippen LogP contribution in [0.1, 0.15) is 6.92 Å². The summed E-state index contributed by atoms with van der Waals surface area (Å²) in [6.07, 6.45) is -16.6. The molecular formula is C12H22O13S. The third-order valence-electron chi connectivity index (χ3n) is 4.15. The summed E-state index contributed by atoms with van der Waals surface area (Å²) in [4.78, 5) is 0. The molecule has 0 unspecified atom stereocenters. The van der Waals surface area contributed by atoms with E-state index in [9.17, 15) is 39.1 Å². The smallest absolute Gasteiger partial charge is 0.394 e. The Labute approximate surface area is 148 Å². The molecule has 154 valence electrons. The minimum absolute atomic E-state index is 0.836. The van der Waals surface area contributed by atoms with Gasteiger partial charge in [-0.3, -0.25) is 4.55 Å². The lowest BCUT2D eigenvalue weighted by Gasteiger charge is -2.45. The van der Waals surface area contributed by atoms with Crippen LogP contribution in [0.2, 0.25) is 0 Å². The van der Waals surface area contributed by atoms with Crippen LogP contribution in [0.15, 0.2) is 0 Å². The van der Waals surface area contributed by atoms with Gasteiger partial charge in [-0.25, -0.2) is 4.18 Å². The van der Waals surface area contributed by atoms with Gasteiger partial charge in [0, 0.05) is 0 Å². The monoisotopic (exact) mass is 406 g/mol. The third-order valence-corrected chi connectivity index (χ3v) is 4.61. The summed E-state index contributed by atoms with van der Waals surface area (Å²) in [7, 11) is -5.09. The van der Waals surface area contributed by atoms with Crippen LogP contribution in [0.25, 0.3) is 0 Å². The molecule has 7 N–H and O–H groups in total. The molecule has 2 aliphatic rings. The molecular weight excluding hydrogens is 384 g/mol. The van der Waals surface area contributed by atoms with Crippen LogP contribution in [0.3, 0.4) is 0 Å². The summed E-state index contributed by atoms with van der Waals surface area (Å²) in [6, 6.07) is 0. The van der Waals surface area contributed by atoms with Crippen molar-refractivity contribution in [2.45, 2.75) is 68.3 Å². The average molecular weight is 406 g/mol. The lowest BCUT2D eigenvalue weighted by molar-refractivity contribution is -0.351. The standard InChI is InChI=1S/C12H22O13S/c1-3-5(14)9(7(16)11(18)22-3)24-12-8(17)10(25-26(19,20)21)6(15)4(2-13)23-12/h3-18H,2H2,1H3,(H,19,20,21)/t3-,4+,5+,6+,7-,8+,9+,10-,11+,12-/m0/s1. The second-order valence-electron chi connectivity index (χ2n) is 6.01. The number of rotatable bonds is 5. The largest absolute Gasteiger partial charge is 0.397 e. The van der Waals surface area contributed by atoms with Crippen molar-refractivity contribution in [3.8, 4) is 0 Å². The predicted molar refractivity (Wildman–Crippen MR) is 77.6 cm³/mol. The molecule has 0 aromatic carbocycles. The molecule has 2 heterocycles. The van der Waals surface area contributed by atoms with E-state index in [1.807, 2.05) is 0 Å². The average Bonchev–Trinajstić information content (AvgIpc) is 2.54. The van der Waals surface area contributed by atoms with Gasteiger partial charge in [0.25, 0.3) is 0 Å². The Bertz CT molecular complexity index is 555. The van der Waals surface area contributed by atoms with Gasteiger partial charge in [-0.2, -0.15) is 8.42 Å². The first-order valence-electron chi connectivity index (χ1n) is 7.59. The van der Waals surface area contributed by atoms with E-state index in [0.29, 0.717) is 0 Å². The third kappa shape index (κ3) is 4.67. The molecule has 14 heteroatoms. The van der Waals surface area contributed by atoms with Crippen LogP contribution in [0.5, 0.6) is 0 Å². The summed E-state index contributed by atoms with van der Waals surface area (Å²) in [6.45, 7) is 0.538. The van der Waals surface area contributed by atoms with E-state index < -0.39 is 78.4 Å². The van der Waals surface area contributed by atoms with Crippen LogP contribution < -0.4 is 0 Å². The molecule has 0 aromatic rings. The van der Waals surface area contributed by atoms with E-state index in [4.69, 9.17) is 18.8 Å². The lowest BCUT2D eigenvalue weighted by atomic mass is 9.97. The fraction of sp³-hybridized carbons (Fsp3) is 1.00. The van der Waals surface area contributed by atoms with Gasteiger partial charge < -0.3 is 44.8 Å². The second-order valence-corrected chi connectivity index (χ2v) is 7.06. The van der Waals surface area contributed by atoms with Gasteiger partial charge in [-0.15, -0.1) is 0 Å². The van der Waals surface area contributed by atoms with Crippen LogP contribution in [-0.4, -0.2) is 112 Å². The Morgan fingerprint density at radius 2 is 1.54 bits per heavy atom. The van der Waals surface area contributed by atoms with Crippen molar-refractivity contribution in [1.82, 2.24) is 0 Å². The van der Waals surface area contributed by atoms with Crippen molar-refractivity contribution in [1.29, 1.82) is 0 Å². The molecule has 0 aliphatic carbocycles. The van der Waals surface area contributed by atoms with E-state index >= 15 is 0 Å². The van der Waals surface area contributed by atoms with Crippen molar-refractivity contribution >= 4 is 10.4 Å². The fourth-order valence-corrected chi connectivity index (χ4v) is 3.26. The van der Waals surface area contributed by atoms with E-state index in [2.05, 4.69) is 4.18 Å². The normalized spacial score (nSPS) is 47.7. The van der Waals surface area contributed by atoms with Crippen molar-refractivity contribution in [3.05, 3.63) is 0 Å². The van der Waals surface area contributed by atoms with Crippen molar-refractivity contribution in [2.24, 2.45) is 0 Å². The van der Waals surface area contributed by atoms with Crippen molar-refractivity contribution in [2.75, 3.05) is 6.61 Å². The van der Waals surface area contributed by atoms with Gasteiger partial charge in [0.1, 0.15) is 42.7 Å². The quantitative estimate of drug-likeness (QED) is 0.215. The highest BCUT2D eigenvalue weighted by Crippen LogP contribution is 2.29. The zero-order valence-corrected chi connectivity index (χ0v) is 14.3.